The number of hydrogen-bond donors (Lipinski definition) is 1. The van der Waals surface area contributed by atoms with Crippen LogP contribution in [0.4, 0.5) is 0 Å². The molecule has 2 atom stereocenters. The average Bonchev–Trinajstić information content (AvgIpc) is 2.76. The molecule has 1 nitrogen and oxygen atoms in total. The number of halogens is 1. The van der Waals surface area contributed by atoms with Crippen molar-refractivity contribution in [2.45, 2.75) is 32.7 Å². The highest BCUT2D eigenvalue weighted by atomic mass is 79.9. The number of nitrogens with one attached hydrogen (secondary N) is 1. The summed E-state index contributed by atoms with van der Waals surface area (Å²) >= 11 is 5.50. The van der Waals surface area contributed by atoms with Gasteiger partial charge in [-0.15, -0.1) is 11.3 Å². The summed E-state index contributed by atoms with van der Waals surface area (Å²) in [4.78, 5) is 2.75. The zero-order valence-corrected chi connectivity index (χ0v) is 14.0. The summed E-state index contributed by atoms with van der Waals surface area (Å²) in [7, 11) is 0. The van der Waals surface area contributed by atoms with Gasteiger partial charge in [-0.05, 0) is 41.0 Å². The molecule has 0 spiro atoms. The molecular weight excluding hydrogens is 318 g/mol. The summed E-state index contributed by atoms with van der Waals surface area (Å²) in [6.45, 7) is 7.61. The van der Waals surface area contributed by atoms with Crippen LogP contribution in [0.2, 0.25) is 0 Å². The third-order valence-corrected chi connectivity index (χ3v) is 5.65. The second kappa shape index (κ2) is 6.69. The minimum atomic E-state index is 0.377. The first-order valence-electron chi connectivity index (χ1n) is 6.67. The van der Waals surface area contributed by atoms with Crippen molar-refractivity contribution in [2.24, 2.45) is 0 Å². The number of likely N-dealkylation sites (N-methyl/N-ethyl adjacent to an activating group) is 1. The third-order valence-electron chi connectivity index (χ3n) is 3.43. The standard InChI is InChI=1S/C16H20BrNS/c1-4-18-16(15-10-14(17)12(3)19-15)11(2)13-8-6-5-7-9-13/h5-11,16,18H,4H2,1-3H3. The average molecular weight is 338 g/mol. The van der Waals surface area contributed by atoms with Crippen LogP contribution in [0.25, 0.3) is 0 Å². The molecule has 2 rings (SSSR count). The molecule has 19 heavy (non-hydrogen) atoms. The van der Waals surface area contributed by atoms with E-state index < -0.39 is 0 Å². The van der Waals surface area contributed by atoms with Crippen LogP contribution in [0, 0.1) is 6.92 Å². The Balaban J connectivity index is 2.29. The van der Waals surface area contributed by atoms with Gasteiger partial charge in [0.15, 0.2) is 0 Å². The molecule has 0 aliphatic heterocycles. The highest BCUT2D eigenvalue weighted by Crippen LogP contribution is 2.37. The Morgan fingerprint density at radius 1 is 1.26 bits per heavy atom. The van der Waals surface area contributed by atoms with Gasteiger partial charge >= 0.3 is 0 Å². The molecule has 0 fully saturated rings. The van der Waals surface area contributed by atoms with E-state index in [2.05, 4.69) is 78.4 Å². The maximum Gasteiger partial charge on any atom is 0.0482 e. The second-order valence-corrected chi connectivity index (χ2v) is 6.93. The fourth-order valence-electron chi connectivity index (χ4n) is 2.33. The molecule has 0 saturated carbocycles. The van der Waals surface area contributed by atoms with Gasteiger partial charge in [0, 0.05) is 26.2 Å². The molecule has 0 saturated heterocycles. The van der Waals surface area contributed by atoms with E-state index in [0.29, 0.717) is 12.0 Å². The maximum absolute atomic E-state index is 3.63. The molecular formula is C16H20BrNS. The summed E-state index contributed by atoms with van der Waals surface area (Å²) in [5.74, 6) is 0.464. The molecule has 0 aliphatic carbocycles. The predicted octanol–water partition coefficient (Wildman–Crippen LogP) is 5.27. The lowest BCUT2D eigenvalue weighted by Crippen LogP contribution is -2.24. The van der Waals surface area contributed by atoms with Crippen LogP contribution in [0.15, 0.2) is 40.9 Å². The molecule has 0 bridgehead atoms. The van der Waals surface area contributed by atoms with Crippen molar-refractivity contribution in [3.8, 4) is 0 Å². The Kier molecular flexibility index (Phi) is 5.20. The van der Waals surface area contributed by atoms with Gasteiger partial charge in [0.2, 0.25) is 0 Å². The van der Waals surface area contributed by atoms with E-state index in [1.807, 2.05) is 11.3 Å². The van der Waals surface area contributed by atoms with E-state index in [1.54, 1.807) is 0 Å². The number of thiophene rings is 1. The monoisotopic (exact) mass is 337 g/mol. The van der Waals surface area contributed by atoms with Gasteiger partial charge in [0.25, 0.3) is 0 Å². The molecule has 102 valence electrons. The molecule has 1 aromatic carbocycles. The minimum Gasteiger partial charge on any atom is -0.309 e. The van der Waals surface area contributed by atoms with Gasteiger partial charge in [0.05, 0.1) is 0 Å². The summed E-state index contributed by atoms with van der Waals surface area (Å²) in [5.41, 5.74) is 1.38. The fraction of sp³-hybridized carbons (Fsp3) is 0.375. The van der Waals surface area contributed by atoms with Crippen LogP contribution in [0.5, 0.6) is 0 Å². The summed E-state index contributed by atoms with van der Waals surface area (Å²) in [6.07, 6.45) is 0. The summed E-state index contributed by atoms with van der Waals surface area (Å²) in [5, 5.41) is 3.63. The van der Waals surface area contributed by atoms with Crippen LogP contribution in [0.3, 0.4) is 0 Å². The van der Waals surface area contributed by atoms with Crippen molar-refractivity contribution in [1.82, 2.24) is 5.32 Å². The van der Waals surface area contributed by atoms with Crippen LogP contribution in [0.1, 0.15) is 41.1 Å². The Morgan fingerprint density at radius 2 is 1.95 bits per heavy atom. The highest BCUT2D eigenvalue weighted by Gasteiger charge is 2.22. The van der Waals surface area contributed by atoms with E-state index in [-0.39, 0.29) is 0 Å². The lowest BCUT2D eigenvalue weighted by molar-refractivity contribution is 0.486. The number of rotatable bonds is 5. The third kappa shape index (κ3) is 3.47. The Hall–Kier alpha value is -0.640. The normalized spacial score (nSPS) is 14.3. The molecule has 0 amide bonds. The Bertz CT molecular complexity index is 501. The smallest absolute Gasteiger partial charge is 0.0482 e. The van der Waals surface area contributed by atoms with Crippen LogP contribution in [-0.2, 0) is 0 Å². The van der Waals surface area contributed by atoms with Gasteiger partial charge in [0.1, 0.15) is 0 Å². The lowest BCUT2D eigenvalue weighted by Gasteiger charge is -2.24. The highest BCUT2D eigenvalue weighted by molar-refractivity contribution is 9.10. The van der Waals surface area contributed by atoms with Crippen molar-refractivity contribution in [1.29, 1.82) is 0 Å². The molecule has 3 heteroatoms. The van der Waals surface area contributed by atoms with E-state index in [9.17, 15) is 0 Å². The first kappa shape index (κ1) is 14.8. The van der Waals surface area contributed by atoms with E-state index in [1.165, 1.54) is 19.8 Å². The molecule has 0 radical (unpaired) electrons. The zero-order chi connectivity index (χ0) is 13.8. The minimum absolute atomic E-state index is 0.377. The summed E-state index contributed by atoms with van der Waals surface area (Å²) < 4.78 is 1.22. The number of benzene rings is 1. The Morgan fingerprint density at radius 3 is 2.47 bits per heavy atom. The number of aryl methyl sites for hydroxylation is 1. The van der Waals surface area contributed by atoms with Gasteiger partial charge in [-0.25, -0.2) is 0 Å². The van der Waals surface area contributed by atoms with Crippen LogP contribution in [-0.4, -0.2) is 6.54 Å². The largest absolute Gasteiger partial charge is 0.309 e. The van der Waals surface area contributed by atoms with Crippen LogP contribution >= 0.6 is 27.3 Å². The zero-order valence-electron chi connectivity index (χ0n) is 11.6. The maximum atomic E-state index is 3.63. The molecule has 1 N–H and O–H groups in total. The van der Waals surface area contributed by atoms with Crippen molar-refractivity contribution in [2.75, 3.05) is 6.54 Å². The second-order valence-electron chi connectivity index (χ2n) is 4.79. The van der Waals surface area contributed by atoms with Crippen molar-refractivity contribution in [3.63, 3.8) is 0 Å². The first-order chi connectivity index (χ1) is 9.13. The van der Waals surface area contributed by atoms with Gasteiger partial charge in [-0.2, -0.15) is 0 Å². The first-order valence-corrected chi connectivity index (χ1v) is 8.28. The van der Waals surface area contributed by atoms with Crippen molar-refractivity contribution >= 4 is 27.3 Å². The van der Waals surface area contributed by atoms with E-state index in [0.717, 1.165) is 6.54 Å². The number of hydrogen-bond acceptors (Lipinski definition) is 2. The van der Waals surface area contributed by atoms with Crippen molar-refractivity contribution in [3.05, 3.63) is 56.2 Å². The van der Waals surface area contributed by atoms with E-state index in [4.69, 9.17) is 0 Å². The molecule has 2 unspecified atom stereocenters. The predicted molar refractivity (Wildman–Crippen MR) is 88.0 cm³/mol. The van der Waals surface area contributed by atoms with Gasteiger partial charge in [-0.3, -0.25) is 0 Å². The quantitative estimate of drug-likeness (QED) is 0.783. The Labute approximate surface area is 128 Å². The van der Waals surface area contributed by atoms with Crippen LogP contribution < -0.4 is 5.32 Å². The van der Waals surface area contributed by atoms with Gasteiger partial charge in [-0.1, -0.05) is 44.2 Å². The topological polar surface area (TPSA) is 12.0 Å². The van der Waals surface area contributed by atoms with Gasteiger partial charge < -0.3 is 5.32 Å². The fourth-order valence-corrected chi connectivity index (χ4v) is 4.07. The molecule has 1 heterocycles. The lowest BCUT2D eigenvalue weighted by atomic mass is 9.92. The molecule has 1 aromatic heterocycles. The van der Waals surface area contributed by atoms with Crippen molar-refractivity contribution < 1.29 is 0 Å². The molecule has 2 aromatic rings. The SMILES string of the molecule is CCNC(c1cc(Br)c(C)s1)C(C)c1ccccc1. The summed E-state index contributed by atoms with van der Waals surface area (Å²) in [6, 6.07) is 13.4. The van der Waals surface area contributed by atoms with E-state index >= 15 is 0 Å². The molecule has 0 aliphatic rings.